The molecular formula is C2H7NO5S. The standard InChI is InChI=1S/C2H4O2.H3NO3S/c1-2(3)4;1-5(2,3)4/h1H3,(H,3,4);(H3,1,2,3,4). The van der Waals surface area contributed by atoms with E-state index in [-0.39, 0.29) is 0 Å². The quantitative estimate of drug-likeness (QED) is 0.383. The van der Waals surface area contributed by atoms with Gasteiger partial charge in [-0.3, -0.25) is 9.35 Å². The van der Waals surface area contributed by atoms with Gasteiger partial charge in [-0.2, -0.15) is 8.42 Å². The summed E-state index contributed by atoms with van der Waals surface area (Å²) in [5.41, 5.74) is 0. The van der Waals surface area contributed by atoms with Crippen molar-refractivity contribution in [3.05, 3.63) is 0 Å². The van der Waals surface area contributed by atoms with Crippen molar-refractivity contribution in [3.8, 4) is 0 Å². The van der Waals surface area contributed by atoms with E-state index >= 15 is 0 Å². The fourth-order valence-electron chi connectivity index (χ4n) is 0. The molecular weight excluding hydrogens is 150 g/mol. The van der Waals surface area contributed by atoms with Crippen molar-refractivity contribution in [1.82, 2.24) is 0 Å². The van der Waals surface area contributed by atoms with E-state index in [1.54, 1.807) is 0 Å². The minimum atomic E-state index is -4.17. The number of hydrogen-bond donors (Lipinski definition) is 3. The summed E-state index contributed by atoms with van der Waals surface area (Å²) in [7, 11) is -4.17. The molecule has 0 saturated carbocycles. The molecule has 0 aromatic heterocycles. The summed E-state index contributed by atoms with van der Waals surface area (Å²) >= 11 is 0. The van der Waals surface area contributed by atoms with Crippen LogP contribution in [-0.4, -0.2) is 24.0 Å². The molecule has 4 N–H and O–H groups in total. The molecule has 0 amide bonds. The minimum Gasteiger partial charge on any atom is -0.481 e. The predicted octanol–water partition coefficient (Wildman–Crippen LogP) is -1.16. The van der Waals surface area contributed by atoms with E-state index in [1.807, 2.05) is 0 Å². The van der Waals surface area contributed by atoms with Gasteiger partial charge in [0.25, 0.3) is 5.97 Å². The molecule has 9 heavy (non-hydrogen) atoms. The van der Waals surface area contributed by atoms with Gasteiger partial charge in [-0.1, -0.05) is 0 Å². The van der Waals surface area contributed by atoms with E-state index in [0.717, 1.165) is 6.92 Å². The van der Waals surface area contributed by atoms with Crippen LogP contribution in [0.2, 0.25) is 0 Å². The SMILES string of the molecule is CC(=O)O.NS(=O)(=O)O. The third-order valence-corrected chi connectivity index (χ3v) is 0. The number of carboxylic acids is 1. The summed E-state index contributed by atoms with van der Waals surface area (Å²) in [5.74, 6) is -0.833. The molecule has 0 aromatic rings. The summed E-state index contributed by atoms with van der Waals surface area (Å²) in [4.78, 5) is 9.00. The maximum Gasteiger partial charge on any atom is 0.330 e. The molecule has 7 heteroatoms. The zero-order valence-electron chi connectivity index (χ0n) is 4.60. The number of carboxylic acid groups (broad SMARTS) is 1. The zero-order chi connectivity index (χ0) is 8.08. The maximum absolute atomic E-state index is 9.00. The Kier molecular flexibility index (Phi) is 5.27. The van der Waals surface area contributed by atoms with Crippen LogP contribution in [0.15, 0.2) is 0 Å². The first-order valence-electron chi connectivity index (χ1n) is 1.68. The lowest BCUT2D eigenvalue weighted by atomic mass is 10.9. The van der Waals surface area contributed by atoms with Crippen LogP contribution in [0.4, 0.5) is 0 Å². The Bertz CT molecular complexity index is 157. The highest BCUT2D eigenvalue weighted by Gasteiger charge is 1.81. The fraction of sp³-hybridized carbons (Fsp3) is 0.500. The fourth-order valence-corrected chi connectivity index (χ4v) is 0. The third-order valence-electron chi connectivity index (χ3n) is 0. The smallest absolute Gasteiger partial charge is 0.330 e. The highest BCUT2D eigenvalue weighted by atomic mass is 32.2. The molecule has 0 fully saturated rings. The first-order valence-corrected chi connectivity index (χ1v) is 3.18. The van der Waals surface area contributed by atoms with Crippen LogP contribution in [-0.2, 0) is 15.1 Å². The van der Waals surface area contributed by atoms with Gasteiger partial charge in [0.1, 0.15) is 0 Å². The van der Waals surface area contributed by atoms with Crippen LogP contribution in [0.1, 0.15) is 6.92 Å². The average molecular weight is 157 g/mol. The number of aliphatic carboxylic acids is 1. The first-order chi connectivity index (χ1) is 3.73. The summed E-state index contributed by atoms with van der Waals surface area (Å²) in [6.07, 6.45) is 0. The molecule has 0 aliphatic heterocycles. The first kappa shape index (κ1) is 11.2. The molecule has 0 rings (SSSR count). The van der Waals surface area contributed by atoms with Crippen LogP contribution in [0.3, 0.4) is 0 Å². The topological polar surface area (TPSA) is 118 Å². The van der Waals surface area contributed by atoms with Gasteiger partial charge in [0.15, 0.2) is 0 Å². The molecule has 0 bridgehead atoms. The van der Waals surface area contributed by atoms with Gasteiger partial charge in [0, 0.05) is 6.92 Å². The average Bonchev–Trinajstić information content (AvgIpc) is 1.19. The molecule has 0 unspecified atom stereocenters. The van der Waals surface area contributed by atoms with Crippen LogP contribution in [0.5, 0.6) is 0 Å². The second-order valence-electron chi connectivity index (χ2n) is 1.03. The summed E-state index contributed by atoms with van der Waals surface area (Å²) < 4.78 is 25.2. The number of carbonyl (C=O) groups is 1. The van der Waals surface area contributed by atoms with Crippen molar-refractivity contribution in [3.63, 3.8) is 0 Å². The number of hydrogen-bond acceptors (Lipinski definition) is 3. The Morgan fingerprint density at radius 3 is 1.56 bits per heavy atom. The van der Waals surface area contributed by atoms with Crippen LogP contribution >= 0.6 is 0 Å². The largest absolute Gasteiger partial charge is 0.481 e. The van der Waals surface area contributed by atoms with Gasteiger partial charge < -0.3 is 5.11 Å². The molecule has 0 radical (unpaired) electrons. The lowest BCUT2D eigenvalue weighted by Gasteiger charge is -1.70. The predicted molar refractivity (Wildman–Crippen MR) is 29.0 cm³/mol. The lowest BCUT2D eigenvalue weighted by Crippen LogP contribution is -2.08. The summed E-state index contributed by atoms with van der Waals surface area (Å²) in [6.45, 7) is 1.08. The number of rotatable bonds is 0. The van der Waals surface area contributed by atoms with Crippen LogP contribution in [0.25, 0.3) is 0 Å². The van der Waals surface area contributed by atoms with Gasteiger partial charge in [0.2, 0.25) is 0 Å². The lowest BCUT2D eigenvalue weighted by molar-refractivity contribution is -0.134. The van der Waals surface area contributed by atoms with E-state index in [0.29, 0.717) is 0 Å². The molecule has 0 aliphatic carbocycles. The normalized spacial score (nSPS) is 9.22. The Balaban J connectivity index is 0. The monoisotopic (exact) mass is 157 g/mol. The van der Waals surface area contributed by atoms with Crippen molar-refractivity contribution in [2.75, 3.05) is 0 Å². The molecule has 0 spiro atoms. The van der Waals surface area contributed by atoms with Crippen LogP contribution in [0, 0.1) is 0 Å². The minimum absolute atomic E-state index is 0.833. The second-order valence-corrected chi connectivity index (χ2v) is 2.06. The summed E-state index contributed by atoms with van der Waals surface area (Å²) in [5, 5.41) is 11.3. The third kappa shape index (κ3) is 480. The Hall–Kier alpha value is -0.660. The van der Waals surface area contributed by atoms with E-state index in [4.69, 9.17) is 22.9 Å². The molecule has 0 atom stereocenters. The van der Waals surface area contributed by atoms with Gasteiger partial charge in [-0.05, 0) is 0 Å². The van der Waals surface area contributed by atoms with Crippen molar-refractivity contribution >= 4 is 16.3 Å². The van der Waals surface area contributed by atoms with Crippen molar-refractivity contribution in [2.24, 2.45) is 5.14 Å². The van der Waals surface area contributed by atoms with E-state index in [1.165, 1.54) is 0 Å². The van der Waals surface area contributed by atoms with Gasteiger partial charge in [-0.25, -0.2) is 5.14 Å². The van der Waals surface area contributed by atoms with E-state index in [9.17, 15) is 0 Å². The van der Waals surface area contributed by atoms with Crippen molar-refractivity contribution in [2.45, 2.75) is 6.92 Å². The second kappa shape index (κ2) is 4.24. The Labute approximate surface area is 52.2 Å². The maximum atomic E-state index is 9.00. The van der Waals surface area contributed by atoms with Crippen molar-refractivity contribution < 1.29 is 22.9 Å². The molecule has 6 nitrogen and oxygen atoms in total. The highest BCUT2D eigenvalue weighted by Crippen LogP contribution is 1.50. The summed E-state index contributed by atoms with van der Waals surface area (Å²) in [6, 6.07) is 0. The van der Waals surface area contributed by atoms with Crippen molar-refractivity contribution in [1.29, 1.82) is 0 Å². The van der Waals surface area contributed by atoms with Crippen LogP contribution < -0.4 is 5.14 Å². The molecule has 0 heterocycles. The molecule has 0 aromatic carbocycles. The number of nitrogens with two attached hydrogens (primary N) is 1. The van der Waals surface area contributed by atoms with E-state index in [2.05, 4.69) is 5.14 Å². The molecule has 0 aliphatic rings. The highest BCUT2D eigenvalue weighted by molar-refractivity contribution is 7.83. The molecule has 0 saturated heterocycles. The van der Waals surface area contributed by atoms with Gasteiger partial charge >= 0.3 is 10.3 Å². The zero-order valence-corrected chi connectivity index (χ0v) is 5.42. The van der Waals surface area contributed by atoms with Gasteiger partial charge in [-0.15, -0.1) is 0 Å². The van der Waals surface area contributed by atoms with E-state index < -0.39 is 16.3 Å². The Morgan fingerprint density at radius 2 is 1.56 bits per heavy atom. The molecule has 56 valence electrons. The Morgan fingerprint density at radius 1 is 1.56 bits per heavy atom. The van der Waals surface area contributed by atoms with Gasteiger partial charge in [0.05, 0.1) is 0 Å².